The molecule has 208 valence electrons. The topological polar surface area (TPSA) is 105 Å². The van der Waals surface area contributed by atoms with Gasteiger partial charge in [-0.2, -0.15) is 0 Å². The molecule has 0 unspecified atom stereocenters. The zero-order chi connectivity index (χ0) is 28.7. The Morgan fingerprint density at radius 1 is 0.700 bits per heavy atom. The summed E-state index contributed by atoms with van der Waals surface area (Å²) >= 11 is 0. The van der Waals surface area contributed by atoms with Crippen LogP contribution in [0.2, 0.25) is 0 Å². The molecule has 0 bridgehead atoms. The van der Waals surface area contributed by atoms with Crippen LogP contribution >= 0.6 is 0 Å². The standard InChI is InChI=1S/C29H31N5O4S2/c1-32(2)26-13-5-11-24-22(26)9-7-15-28(24)39(35,36)31-18-17-21-19-34(20-30-21)40(37,38)29-16-8-10-23-25(29)12-6-14-27(23)33(3)4/h5-16,19-20,31H,17-18H2,1-4H3. The molecule has 0 saturated carbocycles. The Balaban J connectivity index is 1.36. The first-order valence-electron chi connectivity index (χ1n) is 12.7. The molecular formula is C29H31N5O4S2. The molecule has 0 saturated heterocycles. The molecule has 1 heterocycles. The first-order valence-corrected chi connectivity index (χ1v) is 15.6. The number of fused-ring (bicyclic) bond motifs is 2. The third-order valence-corrected chi connectivity index (χ3v) is 10.00. The number of anilines is 2. The van der Waals surface area contributed by atoms with Crippen LogP contribution in [0.3, 0.4) is 0 Å². The van der Waals surface area contributed by atoms with Crippen molar-refractivity contribution in [2.45, 2.75) is 16.2 Å². The van der Waals surface area contributed by atoms with E-state index in [0.717, 1.165) is 26.1 Å². The highest BCUT2D eigenvalue weighted by atomic mass is 32.2. The largest absolute Gasteiger partial charge is 0.377 e. The maximum Gasteiger partial charge on any atom is 0.269 e. The second-order valence-electron chi connectivity index (χ2n) is 9.89. The third-order valence-electron chi connectivity index (χ3n) is 6.81. The lowest BCUT2D eigenvalue weighted by molar-refractivity contribution is 0.581. The Kier molecular flexibility index (Phi) is 7.30. The highest BCUT2D eigenvalue weighted by Crippen LogP contribution is 2.32. The van der Waals surface area contributed by atoms with Crippen molar-refractivity contribution in [3.63, 3.8) is 0 Å². The Morgan fingerprint density at radius 3 is 1.77 bits per heavy atom. The first kappa shape index (κ1) is 27.6. The zero-order valence-electron chi connectivity index (χ0n) is 22.7. The second kappa shape index (κ2) is 10.6. The molecule has 11 heteroatoms. The highest BCUT2D eigenvalue weighted by Gasteiger charge is 2.22. The predicted molar refractivity (Wildman–Crippen MR) is 160 cm³/mol. The van der Waals surface area contributed by atoms with Gasteiger partial charge in [0.2, 0.25) is 10.0 Å². The number of benzene rings is 4. The fourth-order valence-corrected chi connectivity index (χ4v) is 7.50. The van der Waals surface area contributed by atoms with Crippen LogP contribution in [0, 0.1) is 0 Å². The van der Waals surface area contributed by atoms with E-state index in [4.69, 9.17) is 0 Å². The van der Waals surface area contributed by atoms with Gasteiger partial charge < -0.3 is 9.80 Å². The predicted octanol–water partition coefficient (Wildman–Crippen LogP) is 4.08. The minimum absolute atomic E-state index is 0.0591. The fraction of sp³-hybridized carbons (Fsp3) is 0.207. The van der Waals surface area contributed by atoms with E-state index < -0.39 is 20.0 Å². The van der Waals surface area contributed by atoms with E-state index in [9.17, 15) is 16.8 Å². The van der Waals surface area contributed by atoms with Gasteiger partial charge >= 0.3 is 0 Å². The summed E-state index contributed by atoms with van der Waals surface area (Å²) in [6.45, 7) is 0.0591. The van der Waals surface area contributed by atoms with Crippen LogP contribution in [0.5, 0.6) is 0 Å². The van der Waals surface area contributed by atoms with Gasteiger partial charge in [-0.25, -0.2) is 30.5 Å². The van der Waals surface area contributed by atoms with Crippen molar-refractivity contribution in [2.75, 3.05) is 44.5 Å². The van der Waals surface area contributed by atoms with Crippen molar-refractivity contribution >= 4 is 53.0 Å². The number of nitrogens with zero attached hydrogens (tertiary/aromatic N) is 4. The Morgan fingerprint density at radius 2 is 1.20 bits per heavy atom. The summed E-state index contributed by atoms with van der Waals surface area (Å²) in [6, 6.07) is 21.5. The average Bonchev–Trinajstić information content (AvgIpc) is 3.41. The van der Waals surface area contributed by atoms with Crippen LogP contribution in [0.1, 0.15) is 5.69 Å². The number of hydrogen-bond donors (Lipinski definition) is 1. The number of sulfonamides is 1. The number of nitrogens with one attached hydrogen (secondary N) is 1. The van der Waals surface area contributed by atoms with Gasteiger partial charge in [-0.05, 0) is 24.3 Å². The van der Waals surface area contributed by atoms with E-state index in [1.165, 1.54) is 12.5 Å². The molecule has 0 aliphatic rings. The van der Waals surface area contributed by atoms with Crippen molar-refractivity contribution < 1.29 is 16.8 Å². The molecule has 0 amide bonds. The number of rotatable bonds is 9. The van der Waals surface area contributed by atoms with Crippen molar-refractivity contribution in [2.24, 2.45) is 0 Å². The van der Waals surface area contributed by atoms with Crippen molar-refractivity contribution in [1.82, 2.24) is 13.7 Å². The third kappa shape index (κ3) is 5.03. The molecule has 5 rings (SSSR count). The Bertz CT molecular complexity index is 1930. The molecule has 0 aliphatic heterocycles. The fourth-order valence-electron chi connectivity index (χ4n) is 4.88. The van der Waals surface area contributed by atoms with Crippen molar-refractivity contribution in [3.8, 4) is 0 Å². The summed E-state index contributed by atoms with van der Waals surface area (Å²) < 4.78 is 57.3. The van der Waals surface area contributed by atoms with Crippen LogP contribution in [0.4, 0.5) is 11.4 Å². The molecule has 0 radical (unpaired) electrons. The summed E-state index contributed by atoms with van der Waals surface area (Å²) in [7, 11) is -0.107. The number of imidazole rings is 1. The van der Waals surface area contributed by atoms with Gasteiger partial charge in [0.25, 0.3) is 10.0 Å². The van der Waals surface area contributed by atoms with E-state index in [1.807, 2.05) is 74.4 Å². The first-order chi connectivity index (χ1) is 19.0. The molecule has 1 N–H and O–H groups in total. The molecule has 1 aromatic heterocycles. The van der Waals surface area contributed by atoms with Gasteiger partial charge in [-0.15, -0.1) is 0 Å². The Hall–Kier alpha value is -3.93. The quantitative estimate of drug-likeness (QED) is 0.282. The van der Waals surface area contributed by atoms with Gasteiger partial charge in [0.15, 0.2) is 0 Å². The Labute approximate surface area is 234 Å². The van der Waals surface area contributed by atoms with E-state index in [0.29, 0.717) is 16.5 Å². The summed E-state index contributed by atoms with van der Waals surface area (Å²) in [5.41, 5.74) is 2.29. The van der Waals surface area contributed by atoms with Gasteiger partial charge in [0.05, 0.1) is 15.5 Å². The van der Waals surface area contributed by atoms with E-state index in [-0.39, 0.29) is 22.8 Å². The van der Waals surface area contributed by atoms with E-state index >= 15 is 0 Å². The van der Waals surface area contributed by atoms with Crippen LogP contribution < -0.4 is 14.5 Å². The molecule has 9 nitrogen and oxygen atoms in total. The highest BCUT2D eigenvalue weighted by molar-refractivity contribution is 7.90. The molecular weight excluding hydrogens is 546 g/mol. The van der Waals surface area contributed by atoms with Crippen LogP contribution in [-0.4, -0.2) is 60.5 Å². The molecule has 0 spiro atoms. The normalized spacial score (nSPS) is 12.2. The van der Waals surface area contributed by atoms with Gasteiger partial charge in [-0.3, -0.25) is 0 Å². The molecule has 0 fully saturated rings. The lowest BCUT2D eigenvalue weighted by Gasteiger charge is -2.17. The van der Waals surface area contributed by atoms with E-state index in [1.54, 1.807) is 36.4 Å². The van der Waals surface area contributed by atoms with Gasteiger partial charge in [-0.1, -0.05) is 48.5 Å². The smallest absolute Gasteiger partial charge is 0.269 e. The summed E-state index contributed by atoms with van der Waals surface area (Å²) in [4.78, 5) is 8.48. The molecule has 0 atom stereocenters. The second-order valence-corrected chi connectivity index (χ2v) is 13.4. The minimum Gasteiger partial charge on any atom is -0.377 e. The molecule has 4 aromatic carbocycles. The minimum atomic E-state index is -3.93. The van der Waals surface area contributed by atoms with Crippen LogP contribution in [-0.2, 0) is 26.5 Å². The lowest BCUT2D eigenvalue weighted by atomic mass is 10.1. The molecule has 0 aliphatic carbocycles. The number of aromatic nitrogens is 2. The summed E-state index contributed by atoms with van der Waals surface area (Å²) in [5.74, 6) is 0. The molecule has 40 heavy (non-hydrogen) atoms. The zero-order valence-corrected chi connectivity index (χ0v) is 24.4. The van der Waals surface area contributed by atoms with Crippen LogP contribution in [0.15, 0.2) is 95.1 Å². The van der Waals surface area contributed by atoms with Crippen LogP contribution in [0.25, 0.3) is 21.5 Å². The average molecular weight is 578 g/mol. The van der Waals surface area contributed by atoms with E-state index in [2.05, 4.69) is 9.71 Å². The van der Waals surface area contributed by atoms with Crippen molar-refractivity contribution in [3.05, 3.63) is 91.0 Å². The maximum absolute atomic E-state index is 13.6. The lowest BCUT2D eigenvalue weighted by Crippen LogP contribution is -2.26. The number of hydrogen-bond acceptors (Lipinski definition) is 7. The monoisotopic (exact) mass is 577 g/mol. The molecule has 5 aromatic rings. The maximum atomic E-state index is 13.6. The van der Waals surface area contributed by atoms with Gasteiger partial charge in [0.1, 0.15) is 6.33 Å². The summed E-state index contributed by atoms with van der Waals surface area (Å²) in [5, 5.41) is 2.91. The summed E-state index contributed by atoms with van der Waals surface area (Å²) in [6.07, 6.45) is 2.90. The van der Waals surface area contributed by atoms with Crippen molar-refractivity contribution in [1.29, 1.82) is 0 Å². The van der Waals surface area contributed by atoms with Gasteiger partial charge in [0, 0.05) is 80.3 Å². The SMILES string of the molecule is CN(C)c1cccc2c(S(=O)(=O)NCCc3cn(S(=O)(=O)c4cccc5c(N(C)C)cccc45)cn3)cccc12.